The molecule has 0 aromatic carbocycles. The highest BCUT2D eigenvalue weighted by Gasteiger charge is 2.21. The lowest BCUT2D eigenvalue weighted by molar-refractivity contribution is 0.349. The Bertz CT molecular complexity index is 406. The van der Waals surface area contributed by atoms with Gasteiger partial charge in [-0.25, -0.2) is 4.98 Å². The van der Waals surface area contributed by atoms with Gasteiger partial charge in [0.1, 0.15) is 5.82 Å². The maximum Gasteiger partial charge on any atom is 0.106 e. The topological polar surface area (TPSA) is 29.9 Å². The molecule has 1 unspecified atom stereocenters. The molecule has 0 fully saturated rings. The zero-order chi connectivity index (χ0) is 13.8. The molecule has 1 aromatic rings. The predicted octanol–water partition coefficient (Wildman–Crippen LogP) is 3.09. The summed E-state index contributed by atoms with van der Waals surface area (Å²) < 4.78 is 2.47. The molecular formula is C16H29N3. The molecule has 1 aliphatic rings. The van der Waals surface area contributed by atoms with Gasteiger partial charge in [-0.15, -0.1) is 0 Å². The molecule has 0 bridgehead atoms. The van der Waals surface area contributed by atoms with Crippen LogP contribution in [0.1, 0.15) is 57.2 Å². The van der Waals surface area contributed by atoms with Crippen LogP contribution in [0, 0.1) is 12.8 Å². The van der Waals surface area contributed by atoms with Crippen molar-refractivity contribution in [3.05, 3.63) is 17.2 Å². The molecule has 108 valence electrons. The van der Waals surface area contributed by atoms with Gasteiger partial charge in [0.25, 0.3) is 0 Å². The molecule has 0 amide bonds. The van der Waals surface area contributed by atoms with Crippen LogP contribution in [-0.4, -0.2) is 22.1 Å². The first-order valence-corrected chi connectivity index (χ1v) is 7.91. The lowest BCUT2D eigenvalue weighted by Crippen LogP contribution is -2.38. The lowest BCUT2D eigenvalue weighted by Gasteiger charge is -2.25. The van der Waals surface area contributed by atoms with E-state index >= 15 is 0 Å². The molecule has 1 heterocycles. The van der Waals surface area contributed by atoms with Crippen LogP contribution in [0.25, 0.3) is 0 Å². The molecule has 0 saturated heterocycles. The summed E-state index contributed by atoms with van der Waals surface area (Å²) in [7, 11) is 0. The maximum absolute atomic E-state index is 4.78. The Balaban J connectivity index is 2.14. The van der Waals surface area contributed by atoms with E-state index in [4.69, 9.17) is 4.98 Å². The molecule has 3 heteroatoms. The van der Waals surface area contributed by atoms with Crippen LogP contribution in [0.2, 0.25) is 0 Å². The van der Waals surface area contributed by atoms with E-state index in [2.05, 4.69) is 37.6 Å². The van der Waals surface area contributed by atoms with Gasteiger partial charge in [-0.3, -0.25) is 0 Å². The van der Waals surface area contributed by atoms with Gasteiger partial charge in [-0.05, 0) is 51.5 Å². The Labute approximate surface area is 117 Å². The van der Waals surface area contributed by atoms with E-state index in [-0.39, 0.29) is 0 Å². The Morgan fingerprint density at radius 1 is 1.26 bits per heavy atom. The average molecular weight is 263 g/mol. The summed E-state index contributed by atoms with van der Waals surface area (Å²) in [5.74, 6) is 1.86. The Morgan fingerprint density at radius 2 is 2.00 bits per heavy atom. The molecule has 1 N–H and O–H groups in total. The highest BCUT2D eigenvalue weighted by Crippen LogP contribution is 2.23. The summed E-state index contributed by atoms with van der Waals surface area (Å²) in [6, 6.07) is 0.555. The first-order chi connectivity index (χ1) is 9.13. The minimum Gasteiger partial charge on any atom is -0.330 e. The highest BCUT2D eigenvalue weighted by molar-refractivity contribution is 5.20. The second-order valence-electron chi connectivity index (χ2n) is 6.17. The molecule has 1 atom stereocenters. The van der Waals surface area contributed by atoms with Gasteiger partial charge < -0.3 is 9.88 Å². The van der Waals surface area contributed by atoms with Crippen molar-refractivity contribution in [3.63, 3.8) is 0 Å². The van der Waals surface area contributed by atoms with E-state index in [1.165, 1.54) is 49.3 Å². The van der Waals surface area contributed by atoms with Gasteiger partial charge in [0.15, 0.2) is 0 Å². The molecule has 0 spiro atoms. The zero-order valence-corrected chi connectivity index (χ0v) is 13.0. The number of rotatable bonds is 6. The third kappa shape index (κ3) is 3.38. The monoisotopic (exact) mass is 263 g/mol. The average Bonchev–Trinajstić information content (AvgIpc) is 2.70. The first-order valence-electron chi connectivity index (χ1n) is 7.91. The van der Waals surface area contributed by atoms with Gasteiger partial charge >= 0.3 is 0 Å². The number of imidazole rings is 1. The third-order valence-corrected chi connectivity index (χ3v) is 4.26. The number of nitrogens with one attached hydrogen (secondary N) is 1. The molecular weight excluding hydrogens is 234 g/mol. The molecule has 1 aliphatic carbocycles. The van der Waals surface area contributed by atoms with E-state index < -0.39 is 0 Å². The van der Waals surface area contributed by atoms with Crippen LogP contribution >= 0.6 is 0 Å². The number of hydrogen-bond donors (Lipinski definition) is 1. The molecule has 0 radical (unpaired) electrons. The van der Waals surface area contributed by atoms with Crippen LogP contribution in [0.3, 0.4) is 0 Å². The molecule has 2 rings (SSSR count). The minimum atomic E-state index is 0.555. The molecule has 0 saturated carbocycles. The predicted molar refractivity (Wildman–Crippen MR) is 80.5 cm³/mol. The van der Waals surface area contributed by atoms with Crippen molar-refractivity contribution < 1.29 is 0 Å². The minimum absolute atomic E-state index is 0.555. The van der Waals surface area contributed by atoms with Crippen molar-refractivity contribution >= 4 is 0 Å². The Hall–Kier alpha value is -0.830. The van der Waals surface area contributed by atoms with Crippen molar-refractivity contribution in [2.24, 2.45) is 5.92 Å². The van der Waals surface area contributed by atoms with E-state index in [0.717, 1.165) is 13.1 Å². The summed E-state index contributed by atoms with van der Waals surface area (Å²) in [5, 5.41) is 3.69. The first kappa shape index (κ1) is 14.6. The third-order valence-electron chi connectivity index (χ3n) is 4.26. The second-order valence-corrected chi connectivity index (χ2v) is 6.17. The summed E-state index contributed by atoms with van der Waals surface area (Å²) in [6.45, 7) is 11.2. The largest absolute Gasteiger partial charge is 0.330 e. The summed E-state index contributed by atoms with van der Waals surface area (Å²) in [4.78, 5) is 4.78. The summed E-state index contributed by atoms with van der Waals surface area (Å²) >= 11 is 0. The van der Waals surface area contributed by atoms with Crippen molar-refractivity contribution in [3.8, 4) is 0 Å². The highest BCUT2D eigenvalue weighted by atomic mass is 15.1. The quantitative estimate of drug-likeness (QED) is 0.854. The van der Waals surface area contributed by atoms with E-state index in [1.54, 1.807) is 0 Å². The number of aromatic nitrogens is 2. The zero-order valence-electron chi connectivity index (χ0n) is 13.0. The molecule has 0 aliphatic heterocycles. The van der Waals surface area contributed by atoms with Crippen LogP contribution < -0.4 is 5.32 Å². The number of fused-ring (bicyclic) bond motifs is 1. The number of hydrogen-bond acceptors (Lipinski definition) is 2. The summed E-state index contributed by atoms with van der Waals surface area (Å²) in [6.07, 6.45) is 6.23. The second kappa shape index (κ2) is 6.56. The van der Waals surface area contributed by atoms with E-state index in [9.17, 15) is 0 Å². The van der Waals surface area contributed by atoms with Crippen molar-refractivity contribution in [2.75, 3.05) is 6.54 Å². The van der Waals surface area contributed by atoms with Crippen molar-refractivity contribution in [1.82, 2.24) is 14.9 Å². The Kier molecular flexibility index (Phi) is 5.03. The maximum atomic E-state index is 4.78. The Morgan fingerprint density at radius 3 is 2.68 bits per heavy atom. The van der Waals surface area contributed by atoms with Crippen molar-refractivity contribution in [1.29, 1.82) is 0 Å². The fraction of sp³-hybridized carbons (Fsp3) is 0.812. The van der Waals surface area contributed by atoms with Gasteiger partial charge in [-0.1, -0.05) is 20.8 Å². The smallest absolute Gasteiger partial charge is 0.106 e. The van der Waals surface area contributed by atoms with Gasteiger partial charge in [0.05, 0.1) is 5.69 Å². The van der Waals surface area contributed by atoms with Crippen LogP contribution in [-0.2, 0) is 19.4 Å². The van der Waals surface area contributed by atoms with Gasteiger partial charge in [0, 0.05) is 18.3 Å². The van der Waals surface area contributed by atoms with Crippen molar-refractivity contribution in [2.45, 2.75) is 72.4 Å². The normalized spacial score (nSPS) is 16.7. The SMILES string of the molecule is CCCNC(Cn1c(C)nc2c1CCCC2)C(C)C. The van der Waals surface area contributed by atoms with Crippen LogP contribution in [0.15, 0.2) is 0 Å². The standard InChI is InChI=1S/C16H29N3/c1-5-10-17-15(12(2)3)11-19-13(4)18-14-8-6-7-9-16(14)19/h12,15,17H,5-11H2,1-4H3. The fourth-order valence-corrected chi connectivity index (χ4v) is 3.02. The molecule has 3 nitrogen and oxygen atoms in total. The van der Waals surface area contributed by atoms with Crippen LogP contribution in [0.4, 0.5) is 0 Å². The fourth-order valence-electron chi connectivity index (χ4n) is 3.02. The van der Waals surface area contributed by atoms with E-state index in [1.807, 2.05) is 0 Å². The molecule has 19 heavy (non-hydrogen) atoms. The number of nitrogens with zero attached hydrogens (tertiary/aromatic N) is 2. The lowest BCUT2D eigenvalue weighted by atomic mass is 10.00. The van der Waals surface area contributed by atoms with E-state index in [0.29, 0.717) is 12.0 Å². The van der Waals surface area contributed by atoms with Crippen LogP contribution in [0.5, 0.6) is 0 Å². The van der Waals surface area contributed by atoms with Gasteiger partial charge in [-0.2, -0.15) is 0 Å². The van der Waals surface area contributed by atoms with Gasteiger partial charge in [0.2, 0.25) is 0 Å². The number of aryl methyl sites for hydroxylation is 2. The molecule has 1 aromatic heterocycles. The summed E-state index contributed by atoms with van der Waals surface area (Å²) in [5.41, 5.74) is 2.87.